The van der Waals surface area contributed by atoms with Crippen molar-refractivity contribution < 1.29 is 9.47 Å². The predicted molar refractivity (Wildman–Crippen MR) is 68.8 cm³/mol. The number of rotatable bonds is 11. The van der Waals surface area contributed by atoms with Crippen LogP contribution in [0.4, 0.5) is 0 Å². The van der Waals surface area contributed by atoms with Crippen molar-refractivity contribution in [3.63, 3.8) is 0 Å². The second kappa shape index (κ2) is 11.4. The highest BCUT2D eigenvalue weighted by Crippen LogP contribution is 2.07. The Morgan fingerprint density at radius 2 is 1.81 bits per heavy atom. The molecule has 1 N–H and O–H groups in total. The van der Waals surface area contributed by atoms with Crippen molar-refractivity contribution in [2.45, 2.75) is 33.6 Å². The van der Waals surface area contributed by atoms with Gasteiger partial charge in [0.15, 0.2) is 0 Å². The summed E-state index contributed by atoms with van der Waals surface area (Å²) >= 11 is 0. The third kappa shape index (κ3) is 10.4. The molecule has 0 fully saturated rings. The molecule has 0 bridgehead atoms. The molecule has 1 atom stereocenters. The quantitative estimate of drug-likeness (QED) is 0.554. The van der Waals surface area contributed by atoms with E-state index in [9.17, 15) is 0 Å². The molecular formula is C13H29NO2. The molecule has 3 heteroatoms. The molecule has 0 radical (unpaired) electrons. The van der Waals surface area contributed by atoms with Crippen LogP contribution in [0, 0.1) is 11.8 Å². The Kier molecular flexibility index (Phi) is 11.3. The van der Waals surface area contributed by atoms with Crippen LogP contribution in [0.2, 0.25) is 0 Å². The van der Waals surface area contributed by atoms with E-state index in [0.717, 1.165) is 38.0 Å². The zero-order valence-electron chi connectivity index (χ0n) is 11.4. The molecule has 0 aliphatic heterocycles. The summed E-state index contributed by atoms with van der Waals surface area (Å²) < 4.78 is 10.4. The molecule has 0 saturated carbocycles. The van der Waals surface area contributed by atoms with E-state index < -0.39 is 0 Å². The topological polar surface area (TPSA) is 30.5 Å². The molecule has 1 unspecified atom stereocenters. The molecule has 0 aliphatic rings. The van der Waals surface area contributed by atoms with Crippen molar-refractivity contribution >= 4 is 0 Å². The molecule has 3 nitrogen and oxygen atoms in total. The first kappa shape index (κ1) is 15.9. The van der Waals surface area contributed by atoms with Crippen molar-refractivity contribution in [3.8, 4) is 0 Å². The summed E-state index contributed by atoms with van der Waals surface area (Å²) in [6.45, 7) is 11.2. The van der Waals surface area contributed by atoms with E-state index in [0.29, 0.717) is 13.2 Å². The highest BCUT2D eigenvalue weighted by atomic mass is 16.5. The number of hydrogen-bond acceptors (Lipinski definition) is 3. The Hall–Kier alpha value is -0.120. The first-order valence-corrected chi connectivity index (χ1v) is 6.48. The Morgan fingerprint density at radius 1 is 1.06 bits per heavy atom. The van der Waals surface area contributed by atoms with Gasteiger partial charge in [0.05, 0.1) is 13.2 Å². The zero-order chi connectivity index (χ0) is 12.2. The Balaban J connectivity index is 3.36. The average molecular weight is 231 g/mol. The fourth-order valence-electron chi connectivity index (χ4n) is 1.52. The molecule has 0 aromatic heterocycles. The number of hydrogen-bond donors (Lipinski definition) is 1. The third-order valence-corrected chi connectivity index (χ3v) is 2.67. The van der Waals surface area contributed by atoms with E-state index in [1.54, 1.807) is 7.11 Å². The van der Waals surface area contributed by atoms with Gasteiger partial charge in [-0.25, -0.2) is 0 Å². The molecule has 0 saturated heterocycles. The normalized spacial score (nSPS) is 13.3. The van der Waals surface area contributed by atoms with Gasteiger partial charge in [0, 0.05) is 13.7 Å². The Bertz CT molecular complexity index is 140. The summed E-state index contributed by atoms with van der Waals surface area (Å²) in [5, 5.41) is 3.51. The van der Waals surface area contributed by atoms with Crippen LogP contribution in [0.3, 0.4) is 0 Å². The maximum absolute atomic E-state index is 5.48. The van der Waals surface area contributed by atoms with E-state index >= 15 is 0 Å². The minimum absolute atomic E-state index is 0.697. The molecule has 0 aromatic rings. The van der Waals surface area contributed by atoms with Gasteiger partial charge in [0.2, 0.25) is 0 Å². The van der Waals surface area contributed by atoms with Crippen LogP contribution < -0.4 is 5.32 Å². The Morgan fingerprint density at radius 3 is 2.38 bits per heavy atom. The number of methoxy groups -OCH3 is 1. The second-order valence-electron chi connectivity index (χ2n) is 4.72. The second-order valence-corrected chi connectivity index (χ2v) is 4.72. The molecule has 0 heterocycles. The average Bonchev–Trinajstić information content (AvgIpc) is 2.26. The van der Waals surface area contributed by atoms with Crippen molar-refractivity contribution in [1.82, 2.24) is 5.32 Å². The fraction of sp³-hybridized carbons (Fsp3) is 1.00. The van der Waals surface area contributed by atoms with Gasteiger partial charge < -0.3 is 14.8 Å². The van der Waals surface area contributed by atoms with Crippen molar-refractivity contribution in [2.75, 3.05) is 40.0 Å². The molecule has 0 amide bonds. The largest absolute Gasteiger partial charge is 0.382 e. The van der Waals surface area contributed by atoms with Gasteiger partial charge in [-0.2, -0.15) is 0 Å². The van der Waals surface area contributed by atoms with E-state index in [4.69, 9.17) is 9.47 Å². The molecule has 0 aliphatic carbocycles. The molecule has 0 spiro atoms. The maximum Gasteiger partial charge on any atom is 0.0700 e. The minimum Gasteiger partial charge on any atom is -0.382 e. The van der Waals surface area contributed by atoms with E-state index in [-0.39, 0.29) is 0 Å². The minimum atomic E-state index is 0.697. The lowest BCUT2D eigenvalue weighted by Crippen LogP contribution is -2.27. The summed E-state index contributed by atoms with van der Waals surface area (Å²) in [4.78, 5) is 0. The summed E-state index contributed by atoms with van der Waals surface area (Å²) in [5.41, 5.74) is 0. The molecule has 16 heavy (non-hydrogen) atoms. The van der Waals surface area contributed by atoms with Gasteiger partial charge in [-0.3, -0.25) is 0 Å². The van der Waals surface area contributed by atoms with Crippen LogP contribution in [-0.2, 0) is 9.47 Å². The van der Waals surface area contributed by atoms with E-state index in [1.807, 2.05) is 0 Å². The van der Waals surface area contributed by atoms with Gasteiger partial charge in [-0.05, 0) is 31.3 Å². The maximum atomic E-state index is 5.48. The lowest BCUT2D eigenvalue weighted by atomic mass is 10.0. The smallest absolute Gasteiger partial charge is 0.0700 e. The number of nitrogens with one attached hydrogen (secondary N) is 1. The monoisotopic (exact) mass is 231 g/mol. The summed E-state index contributed by atoms with van der Waals surface area (Å²) in [6.07, 6.45) is 2.37. The van der Waals surface area contributed by atoms with Crippen LogP contribution in [0.5, 0.6) is 0 Å². The van der Waals surface area contributed by atoms with Gasteiger partial charge in [0.25, 0.3) is 0 Å². The van der Waals surface area contributed by atoms with E-state index in [2.05, 4.69) is 26.1 Å². The van der Waals surface area contributed by atoms with Crippen molar-refractivity contribution in [3.05, 3.63) is 0 Å². The summed E-state index contributed by atoms with van der Waals surface area (Å²) in [6, 6.07) is 0. The SMILES string of the molecule is CCC(CCOCCOC)CNCC(C)C. The zero-order valence-corrected chi connectivity index (χ0v) is 11.4. The standard InChI is InChI=1S/C13H29NO2/c1-5-13(11-14-10-12(2)3)6-7-16-9-8-15-4/h12-14H,5-11H2,1-4H3. The van der Waals surface area contributed by atoms with Gasteiger partial charge in [-0.1, -0.05) is 27.2 Å². The molecular weight excluding hydrogens is 202 g/mol. The highest BCUT2D eigenvalue weighted by Gasteiger charge is 2.06. The van der Waals surface area contributed by atoms with Gasteiger partial charge in [-0.15, -0.1) is 0 Å². The van der Waals surface area contributed by atoms with Crippen LogP contribution >= 0.6 is 0 Å². The van der Waals surface area contributed by atoms with Gasteiger partial charge >= 0.3 is 0 Å². The van der Waals surface area contributed by atoms with E-state index in [1.165, 1.54) is 6.42 Å². The van der Waals surface area contributed by atoms with Crippen LogP contribution in [0.1, 0.15) is 33.6 Å². The van der Waals surface area contributed by atoms with Crippen molar-refractivity contribution in [1.29, 1.82) is 0 Å². The fourth-order valence-corrected chi connectivity index (χ4v) is 1.52. The van der Waals surface area contributed by atoms with Crippen LogP contribution in [-0.4, -0.2) is 40.0 Å². The number of ether oxygens (including phenoxy) is 2. The third-order valence-electron chi connectivity index (χ3n) is 2.67. The lowest BCUT2D eigenvalue weighted by molar-refractivity contribution is 0.0633. The van der Waals surface area contributed by atoms with Crippen LogP contribution in [0.15, 0.2) is 0 Å². The molecule has 0 aromatic carbocycles. The summed E-state index contributed by atoms with van der Waals surface area (Å²) in [7, 11) is 1.70. The summed E-state index contributed by atoms with van der Waals surface area (Å²) in [5.74, 6) is 1.47. The first-order chi connectivity index (χ1) is 7.70. The first-order valence-electron chi connectivity index (χ1n) is 6.48. The Labute approximate surface area is 101 Å². The molecule has 0 rings (SSSR count). The predicted octanol–water partition coefficient (Wildman–Crippen LogP) is 2.31. The lowest BCUT2D eigenvalue weighted by Gasteiger charge is -2.16. The highest BCUT2D eigenvalue weighted by molar-refractivity contribution is 4.61. The van der Waals surface area contributed by atoms with Crippen molar-refractivity contribution in [2.24, 2.45) is 11.8 Å². The molecule has 98 valence electrons. The van der Waals surface area contributed by atoms with Crippen LogP contribution in [0.25, 0.3) is 0 Å². The van der Waals surface area contributed by atoms with Gasteiger partial charge in [0.1, 0.15) is 0 Å².